The fourth-order valence-corrected chi connectivity index (χ4v) is 1.76. The maximum absolute atomic E-state index is 5.50. The third-order valence-electron chi connectivity index (χ3n) is 2.51. The maximum atomic E-state index is 5.50. The second-order valence-electron chi connectivity index (χ2n) is 3.60. The van der Waals surface area contributed by atoms with Crippen LogP contribution in [0.25, 0.3) is 22.2 Å². The van der Waals surface area contributed by atoms with Crippen molar-refractivity contribution in [2.75, 3.05) is 0 Å². The fourth-order valence-electron chi connectivity index (χ4n) is 1.76. The van der Waals surface area contributed by atoms with E-state index in [0.29, 0.717) is 0 Å². The number of oxazole rings is 1. The summed E-state index contributed by atoms with van der Waals surface area (Å²) in [5, 5.41) is 0. The molecule has 74 valence electrons. The zero-order chi connectivity index (χ0) is 11.0. The summed E-state index contributed by atoms with van der Waals surface area (Å²) in [5.74, 6) is 0.209. The molecule has 0 bridgehead atoms. The van der Waals surface area contributed by atoms with E-state index in [0.717, 1.165) is 22.2 Å². The first-order valence-corrected chi connectivity index (χ1v) is 5.04. The molecule has 0 spiro atoms. The van der Waals surface area contributed by atoms with Gasteiger partial charge in [-0.3, -0.25) is 0 Å². The summed E-state index contributed by atoms with van der Waals surface area (Å²) in [6.45, 7) is 0. The lowest BCUT2D eigenvalue weighted by atomic mass is 10.1. The molecule has 1 aromatic heterocycles. The molecule has 0 unspecified atom stereocenters. The number of fused-ring (bicyclic) bond motifs is 1. The molecule has 0 fully saturated rings. The van der Waals surface area contributed by atoms with Gasteiger partial charge in [-0.05, 0) is 23.3 Å². The second-order valence-corrected chi connectivity index (χ2v) is 3.60. The zero-order valence-corrected chi connectivity index (χ0v) is 8.55. The minimum absolute atomic E-state index is 0.209. The summed E-state index contributed by atoms with van der Waals surface area (Å²) in [5.41, 5.74) is 3.78. The zero-order valence-electron chi connectivity index (χ0n) is 8.55. The number of benzene rings is 2. The van der Waals surface area contributed by atoms with Crippen LogP contribution in [0, 0.1) is 0 Å². The van der Waals surface area contributed by atoms with E-state index in [-0.39, 0.29) is 5.79 Å². The monoisotopic (exact) mass is 205 g/mol. The Balaban J connectivity index is 2.18. The number of rotatable bonds is 1. The summed E-state index contributed by atoms with van der Waals surface area (Å²) >= 11 is 0. The molecule has 0 saturated carbocycles. The lowest BCUT2D eigenvalue weighted by Crippen LogP contribution is -1.99. The summed E-state index contributed by atoms with van der Waals surface area (Å²) in [4.78, 5) is 4.11. The summed E-state index contributed by atoms with van der Waals surface area (Å²) in [6.07, 6.45) is 0. The molecule has 0 N–H and O–H groups in total. The molecule has 0 aliphatic carbocycles. The van der Waals surface area contributed by atoms with Crippen LogP contribution in [-0.2, 0) is 0 Å². The van der Waals surface area contributed by atoms with Crippen LogP contribution >= 0.6 is 0 Å². The Morgan fingerprint density at radius 2 is 1.75 bits per heavy atom. The summed E-state index contributed by atoms with van der Waals surface area (Å²) in [7, 11) is 5.50. The van der Waals surface area contributed by atoms with Gasteiger partial charge in [0, 0.05) is 0 Å². The van der Waals surface area contributed by atoms with E-state index < -0.39 is 0 Å². The molecule has 0 saturated heterocycles. The van der Waals surface area contributed by atoms with Crippen LogP contribution in [0.15, 0.2) is 52.9 Å². The predicted molar refractivity (Wildman–Crippen MR) is 64.8 cm³/mol. The molecule has 1 heterocycles. The van der Waals surface area contributed by atoms with Gasteiger partial charge in [0.2, 0.25) is 0 Å². The van der Waals surface area contributed by atoms with Crippen LogP contribution < -0.4 is 5.79 Å². The Morgan fingerprint density at radius 1 is 0.938 bits per heavy atom. The van der Waals surface area contributed by atoms with Gasteiger partial charge < -0.3 is 4.42 Å². The Morgan fingerprint density at radius 3 is 2.56 bits per heavy atom. The topological polar surface area (TPSA) is 26.0 Å². The molecule has 3 aromatic rings. The van der Waals surface area contributed by atoms with Crippen LogP contribution in [0.5, 0.6) is 0 Å². The fraction of sp³-hybridized carbons (Fsp3) is 0. The van der Waals surface area contributed by atoms with Crippen molar-refractivity contribution in [2.45, 2.75) is 0 Å². The molecule has 2 aromatic carbocycles. The highest BCUT2D eigenvalue weighted by molar-refractivity contribution is 6.28. The average molecular weight is 205 g/mol. The van der Waals surface area contributed by atoms with Gasteiger partial charge in [-0.25, -0.2) is 4.98 Å². The highest BCUT2D eigenvalue weighted by Gasteiger charge is 2.03. The molecule has 0 aliphatic rings. The maximum Gasteiger partial charge on any atom is 0.197 e. The van der Waals surface area contributed by atoms with E-state index in [9.17, 15) is 0 Å². The van der Waals surface area contributed by atoms with Crippen molar-refractivity contribution in [3.05, 3.63) is 48.5 Å². The van der Waals surface area contributed by atoms with Gasteiger partial charge in [-0.1, -0.05) is 36.4 Å². The molecule has 3 heteroatoms. The molecule has 0 aliphatic heterocycles. The molecule has 16 heavy (non-hydrogen) atoms. The Bertz CT molecular complexity index is 631. The van der Waals surface area contributed by atoms with Crippen molar-refractivity contribution in [3.63, 3.8) is 0 Å². The van der Waals surface area contributed by atoms with Crippen LogP contribution in [-0.4, -0.2) is 12.8 Å². The molecule has 0 amide bonds. The summed E-state index contributed by atoms with van der Waals surface area (Å²) in [6, 6.07) is 16.0. The Hall–Kier alpha value is -2.03. The van der Waals surface area contributed by atoms with Crippen LogP contribution in [0.4, 0.5) is 0 Å². The lowest BCUT2D eigenvalue weighted by molar-refractivity contribution is 0.644. The van der Waals surface area contributed by atoms with E-state index in [2.05, 4.69) is 17.1 Å². The second kappa shape index (κ2) is 3.52. The first-order valence-electron chi connectivity index (χ1n) is 5.04. The van der Waals surface area contributed by atoms with E-state index in [1.165, 1.54) is 0 Å². The predicted octanol–water partition coefficient (Wildman–Crippen LogP) is 2.29. The van der Waals surface area contributed by atoms with Crippen LogP contribution in [0.1, 0.15) is 0 Å². The Kier molecular flexibility index (Phi) is 2.03. The van der Waals surface area contributed by atoms with Crippen LogP contribution in [0.3, 0.4) is 0 Å². The van der Waals surface area contributed by atoms with Crippen LogP contribution in [0.2, 0.25) is 0 Å². The number of hydrogen-bond donors (Lipinski definition) is 0. The van der Waals surface area contributed by atoms with Gasteiger partial charge >= 0.3 is 0 Å². The standard InChI is InChI=1S/C13H8BNO/c14-13-15-11-8-10(6-7-12(11)16-13)9-4-2-1-3-5-9/h1-8H. The first-order chi connectivity index (χ1) is 7.83. The van der Waals surface area contributed by atoms with Crippen molar-refractivity contribution >= 4 is 24.7 Å². The van der Waals surface area contributed by atoms with Gasteiger partial charge in [-0.15, -0.1) is 0 Å². The van der Waals surface area contributed by atoms with Crippen molar-refractivity contribution in [3.8, 4) is 11.1 Å². The van der Waals surface area contributed by atoms with Gasteiger partial charge in [0.05, 0.1) is 0 Å². The molecular formula is C13H8BNO. The SMILES string of the molecule is [B]c1nc2cc(-c3ccccc3)ccc2o1. The van der Waals surface area contributed by atoms with E-state index in [1.54, 1.807) is 0 Å². The van der Waals surface area contributed by atoms with Gasteiger partial charge in [-0.2, -0.15) is 0 Å². The molecule has 2 radical (unpaired) electrons. The third-order valence-corrected chi connectivity index (χ3v) is 2.51. The molecule has 0 atom stereocenters. The lowest BCUT2D eigenvalue weighted by Gasteiger charge is -1.99. The van der Waals surface area contributed by atoms with Gasteiger partial charge in [0.25, 0.3) is 0 Å². The molecule has 3 rings (SSSR count). The number of nitrogens with zero attached hydrogens (tertiary/aromatic N) is 1. The summed E-state index contributed by atoms with van der Waals surface area (Å²) < 4.78 is 5.23. The van der Waals surface area contributed by atoms with Crippen molar-refractivity contribution in [2.24, 2.45) is 0 Å². The smallest absolute Gasteiger partial charge is 0.197 e. The first kappa shape index (κ1) is 9.22. The van der Waals surface area contributed by atoms with Gasteiger partial charge in [0.1, 0.15) is 11.3 Å². The van der Waals surface area contributed by atoms with Gasteiger partial charge in [0.15, 0.2) is 13.4 Å². The molecule has 2 nitrogen and oxygen atoms in total. The average Bonchev–Trinajstić information content (AvgIpc) is 2.69. The normalized spacial score (nSPS) is 10.8. The van der Waals surface area contributed by atoms with Crippen molar-refractivity contribution < 1.29 is 4.42 Å². The third kappa shape index (κ3) is 1.50. The van der Waals surface area contributed by atoms with E-state index in [1.807, 2.05) is 36.4 Å². The number of hydrogen-bond acceptors (Lipinski definition) is 2. The minimum atomic E-state index is 0.209. The highest BCUT2D eigenvalue weighted by Crippen LogP contribution is 2.22. The largest absolute Gasteiger partial charge is 0.452 e. The Labute approximate surface area is 94.3 Å². The molecular weight excluding hydrogens is 197 g/mol. The minimum Gasteiger partial charge on any atom is -0.452 e. The van der Waals surface area contributed by atoms with E-state index in [4.69, 9.17) is 12.3 Å². The highest BCUT2D eigenvalue weighted by atomic mass is 16.3. The van der Waals surface area contributed by atoms with Crippen molar-refractivity contribution in [1.82, 2.24) is 4.98 Å². The van der Waals surface area contributed by atoms with E-state index >= 15 is 0 Å². The van der Waals surface area contributed by atoms with Crippen molar-refractivity contribution in [1.29, 1.82) is 0 Å². The number of aromatic nitrogens is 1. The quantitative estimate of drug-likeness (QED) is 0.569.